The molecule has 0 aliphatic heterocycles. The molecule has 0 unspecified atom stereocenters. The molecule has 0 saturated carbocycles. The van der Waals surface area contributed by atoms with Crippen LogP contribution in [0.1, 0.15) is 24.2 Å². The maximum absolute atomic E-state index is 13.0. The lowest BCUT2D eigenvalue weighted by atomic mass is 10.1. The predicted molar refractivity (Wildman–Crippen MR) is 41.7 cm³/mol. The van der Waals surface area contributed by atoms with E-state index >= 15 is 0 Å². The van der Waals surface area contributed by atoms with Gasteiger partial charge in [-0.25, -0.2) is 8.78 Å². The highest BCUT2D eigenvalue weighted by Gasteiger charge is 2.10. The normalized spacial score (nSPS) is 13.1. The van der Waals surface area contributed by atoms with Crippen LogP contribution in [0.2, 0.25) is 0 Å². The Balaban J connectivity index is 3.23. The molecule has 12 heavy (non-hydrogen) atoms. The lowest BCUT2D eigenvalue weighted by Crippen LogP contribution is -1.98. The second-order valence-corrected chi connectivity index (χ2v) is 2.80. The van der Waals surface area contributed by atoms with E-state index in [1.165, 1.54) is 13.8 Å². The standard InChI is InChI=1S/C9H10F2O/c1-5-3-9(11)7(6(2)12)4-8(5)10/h3-4,6,12H,1-2H3/t6-/m0/s1. The molecule has 1 rings (SSSR count). The molecule has 0 saturated heterocycles. The van der Waals surface area contributed by atoms with Crippen LogP contribution in [0.4, 0.5) is 8.78 Å². The fraction of sp³-hybridized carbons (Fsp3) is 0.333. The third-order valence-corrected chi connectivity index (χ3v) is 1.73. The fourth-order valence-electron chi connectivity index (χ4n) is 0.982. The van der Waals surface area contributed by atoms with Gasteiger partial charge in [0, 0.05) is 5.56 Å². The van der Waals surface area contributed by atoms with Crippen LogP contribution in [0.25, 0.3) is 0 Å². The van der Waals surface area contributed by atoms with Crippen LogP contribution < -0.4 is 0 Å². The summed E-state index contributed by atoms with van der Waals surface area (Å²) < 4.78 is 25.8. The fourth-order valence-corrected chi connectivity index (χ4v) is 0.982. The van der Waals surface area contributed by atoms with Crippen molar-refractivity contribution in [3.05, 3.63) is 34.9 Å². The molecule has 0 aliphatic rings. The van der Waals surface area contributed by atoms with Gasteiger partial charge in [0.05, 0.1) is 6.10 Å². The Labute approximate surface area is 69.7 Å². The minimum atomic E-state index is -0.972. The van der Waals surface area contributed by atoms with Crippen LogP contribution in [-0.4, -0.2) is 5.11 Å². The summed E-state index contributed by atoms with van der Waals surface area (Å²) >= 11 is 0. The molecule has 0 bridgehead atoms. The van der Waals surface area contributed by atoms with Gasteiger partial charge in [0.25, 0.3) is 0 Å². The van der Waals surface area contributed by atoms with Crippen molar-refractivity contribution >= 4 is 0 Å². The first-order chi connectivity index (χ1) is 5.52. The van der Waals surface area contributed by atoms with E-state index in [2.05, 4.69) is 0 Å². The van der Waals surface area contributed by atoms with Crippen LogP contribution >= 0.6 is 0 Å². The Morgan fingerprint density at radius 2 is 1.83 bits per heavy atom. The zero-order valence-corrected chi connectivity index (χ0v) is 6.94. The molecule has 0 heterocycles. The van der Waals surface area contributed by atoms with E-state index in [1.807, 2.05) is 0 Å². The predicted octanol–water partition coefficient (Wildman–Crippen LogP) is 2.33. The van der Waals surface area contributed by atoms with E-state index in [-0.39, 0.29) is 11.1 Å². The number of aliphatic hydroxyl groups is 1. The maximum Gasteiger partial charge on any atom is 0.129 e. The van der Waals surface area contributed by atoms with Gasteiger partial charge in [0.15, 0.2) is 0 Å². The number of aliphatic hydroxyl groups excluding tert-OH is 1. The molecular weight excluding hydrogens is 162 g/mol. The molecule has 1 atom stereocenters. The van der Waals surface area contributed by atoms with Crippen molar-refractivity contribution in [2.75, 3.05) is 0 Å². The summed E-state index contributed by atoms with van der Waals surface area (Å²) in [6, 6.07) is 2.10. The van der Waals surface area contributed by atoms with Gasteiger partial charge in [-0.15, -0.1) is 0 Å². The average Bonchev–Trinajstić information content (AvgIpc) is 1.96. The monoisotopic (exact) mass is 172 g/mol. The molecule has 0 amide bonds. The molecule has 1 nitrogen and oxygen atoms in total. The van der Waals surface area contributed by atoms with Crippen molar-refractivity contribution in [3.63, 3.8) is 0 Å². The van der Waals surface area contributed by atoms with Gasteiger partial charge < -0.3 is 5.11 Å². The van der Waals surface area contributed by atoms with Crippen molar-refractivity contribution < 1.29 is 13.9 Å². The van der Waals surface area contributed by atoms with Gasteiger partial charge in [-0.3, -0.25) is 0 Å². The van der Waals surface area contributed by atoms with Gasteiger partial charge in [-0.1, -0.05) is 0 Å². The van der Waals surface area contributed by atoms with Crippen LogP contribution in [-0.2, 0) is 0 Å². The Morgan fingerprint density at radius 3 is 2.33 bits per heavy atom. The Morgan fingerprint density at radius 1 is 1.25 bits per heavy atom. The van der Waals surface area contributed by atoms with Gasteiger partial charge in [-0.05, 0) is 31.5 Å². The highest BCUT2D eigenvalue weighted by Crippen LogP contribution is 2.19. The number of hydrogen-bond donors (Lipinski definition) is 1. The Hall–Kier alpha value is -0.960. The smallest absolute Gasteiger partial charge is 0.129 e. The molecule has 0 radical (unpaired) electrons. The zero-order chi connectivity index (χ0) is 9.30. The molecule has 0 aliphatic carbocycles. The highest BCUT2D eigenvalue weighted by molar-refractivity contribution is 5.26. The Kier molecular flexibility index (Phi) is 2.43. The number of halogens is 2. The maximum atomic E-state index is 13.0. The lowest BCUT2D eigenvalue weighted by Gasteiger charge is -2.07. The van der Waals surface area contributed by atoms with E-state index < -0.39 is 17.7 Å². The number of aryl methyl sites for hydroxylation is 1. The van der Waals surface area contributed by atoms with E-state index in [1.54, 1.807) is 0 Å². The summed E-state index contributed by atoms with van der Waals surface area (Å²) in [5.41, 5.74) is 0.245. The molecule has 0 fully saturated rings. The van der Waals surface area contributed by atoms with E-state index in [9.17, 15) is 8.78 Å². The molecule has 1 aromatic rings. The molecule has 3 heteroatoms. The van der Waals surface area contributed by atoms with Gasteiger partial charge >= 0.3 is 0 Å². The van der Waals surface area contributed by atoms with Gasteiger partial charge in [0.1, 0.15) is 11.6 Å². The third kappa shape index (κ3) is 1.61. The van der Waals surface area contributed by atoms with E-state index in [4.69, 9.17) is 5.11 Å². The second kappa shape index (κ2) is 3.19. The summed E-state index contributed by atoms with van der Waals surface area (Å²) in [4.78, 5) is 0. The van der Waals surface area contributed by atoms with Crippen molar-refractivity contribution in [3.8, 4) is 0 Å². The number of rotatable bonds is 1. The zero-order valence-electron chi connectivity index (χ0n) is 6.94. The first kappa shape index (κ1) is 9.13. The van der Waals surface area contributed by atoms with Crippen LogP contribution in [0.3, 0.4) is 0 Å². The van der Waals surface area contributed by atoms with Gasteiger partial charge in [-0.2, -0.15) is 0 Å². The summed E-state index contributed by atoms with van der Waals surface area (Å²) in [7, 11) is 0. The van der Waals surface area contributed by atoms with Crippen molar-refractivity contribution in [2.45, 2.75) is 20.0 Å². The average molecular weight is 172 g/mol. The first-order valence-corrected chi connectivity index (χ1v) is 3.66. The van der Waals surface area contributed by atoms with Crippen molar-refractivity contribution in [1.29, 1.82) is 0 Å². The summed E-state index contributed by atoms with van der Waals surface area (Å²) in [5, 5.41) is 9.01. The second-order valence-electron chi connectivity index (χ2n) is 2.80. The van der Waals surface area contributed by atoms with Crippen LogP contribution in [0, 0.1) is 18.6 Å². The minimum Gasteiger partial charge on any atom is -0.389 e. The van der Waals surface area contributed by atoms with Crippen molar-refractivity contribution in [1.82, 2.24) is 0 Å². The molecule has 1 N–H and O–H groups in total. The minimum absolute atomic E-state index is 0.00176. The summed E-state index contributed by atoms with van der Waals surface area (Å²) in [6.45, 7) is 2.87. The number of hydrogen-bond acceptors (Lipinski definition) is 1. The Bertz CT molecular complexity index is 295. The van der Waals surface area contributed by atoms with Crippen LogP contribution in [0.15, 0.2) is 12.1 Å². The SMILES string of the molecule is Cc1cc(F)c([C@H](C)O)cc1F. The molecule has 66 valence electrons. The molecule has 0 spiro atoms. The van der Waals surface area contributed by atoms with Gasteiger partial charge in [0.2, 0.25) is 0 Å². The van der Waals surface area contributed by atoms with Crippen LogP contribution in [0.5, 0.6) is 0 Å². The lowest BCUT2D eigenvalue weighted by molar-refractivity contribution is 0.193. The summed E-state index contributed by atoms with van der Waals surface area (Å²) in [6.07, 6.45) is -0.972. The topological polar surface area (TPSA) is 20.2 Å². The number of benzene rings is 1. The summed E-state index contributed by atoms with van der Waals surface area (Å²) in [5.74, 6) is -1.06. The quantitative estimate of drug-likeness (QED) is 0.689. The molecular formula is C9H10F2O. The largest absolute Gasteiger partial charge is 0.389 e. The first-order valence-electron chi connectivity index (χ1n) is 3.66. The highest BCUT2D eigenvalue weighted by atomic mass is 19.1. The van der Waals surface area contributed by atoms with E-state index in [0.29, 0.717) is 0 Å². The molecule has 0 aromatic heterocycles. The van der Waals surface area contributed by atoms with Crippen molar-refractivity contribution in [2.24, 2.45) is 0 Å². The third-order valence-electron chi connectivity index (χ3n) is 1.73. The van der Waals surface area contributed by atoms with E-state index in [0.717, 1.165) is 12.1 Å². The molecule has 1 aromatic carbocycles.